The molecule has 19 heavy (non-hydrogen) atoms. The maximum absolute atomic E-state index is 11.8. The number of hydrogen-bond acceptors (Lipinski definition) is 7. The number of isocyanates is 1. The fourth-order valence-corrected chi connectivity index (χ4v) is 2.81. The first-order chi connectivity index (χ1) is 8.97. The molecule has 11 heteroatoms. The molecule has 1 aliphatic rings. The SMILES string of the molecule is Cn1nc(Cl)c(C2=NOCCO2)c1S(=O)(=O)N=C=O. The summed E-state index contributed by atoms with van der Waals surface area (Å²) in [4.78, 5) is 15.0. The van der Waals surface area contributed by atoms with Gasteiger partial charge in [0.2, 0.25) is 0 Å². The molecule has 0 amide bonds. The predicted molar refractivity (Wildman–Crippen MR) is 62.0 cm³/mol. The van der Waals surface area contributed by atoms with Crippen LogP contribution in [0.25, 0.3) is 0 Å². The molecule has 0 saturated heterocycles. The van der Waals surface area contributed by atoms with Gasteiger partial charge in [-0.05, 0) is 5.16 Å². The fourth-order valence-electron chi connectivity index (χ4n) is 1.47. The molecule has 1 aliphatic heterocycles. The maximum atomic E-state index is 11.8. The second-order valence-electron chi connectivity index (χ2n) is 3.33. The number of hydrogen-bond donors (Lipinski definition) is 0. The standard InChI is InChI=1S/C8H7ClN4O5S/c1-13-8(19(15,16)10-4-14)5(6(9)11-13)7-12-18-3-2-17-7/h2-3H2,1H3. The Morgan fingerprint density at radius 3 is 2.79 bits per heavy atom. The number of aryl methyl sites for hydroxylation is 1. The van der Waals surface area contributed by atoms with Gasteiger partial charge in [-0.2, -0.15) is 13.5 Å². The quantitative estimate of drug-likeness (QED) is 0.565. The van der Waals surface area contributed by atoms with Crippen LogP contribution in [0.3, 0.4) is 0 Å². The van der Waals surface area contributed by atoms with E-state index >= 15 is 0 Å². The fraction of sp³-hybridized carbons (Fsp3) is 0.375. The summed E-state index contributed by atoms with van der Waals surface area (Å²) in [5.41, 5.74) is -0.108. The normalized spacial score (nSPS) is 14.9. The lowest BCUT2D eigenvalue weighted by molar-refractivity contribution is 0.0653. The largest absolute Gasteiger partial charge is 0.471 e. The molecule has 0 saturated carbocycles. The van der Waals surface area contributed by atoms with E-state index < -0.39 is 15.0 Å². The van der Waals surface area contributed by atoms with E-state index in [-0.39, 0.29) is 29.8 Å². The highest BCUT2D eigenvalue weighted by Crippen LogP contribution is 2.26. The van der Waals surface area contributed by atoms with Crippen molar-refractivity contribution in [3.05, 3.63) is 10.7 Å². The van der Waals surface area contributed by atoms with Crippen LogP contribution in [0.1, 0.15) is 5.56 Å². The van der Waals surface area contributed by atoms with Crippen LogP contribution < -0.4 is 0 Å². The molecule has 0 aliphatic carbocycles. The Morgan fingerprint density at radius 2 is 2.21 bits per heavy atom. The van der Waals surface area contributed by atoms with Gasteiger partial charge in [0, 0.05) is 7.05 Å². The number of rotatable bonds is 3. The lowest BCUT2D eigenvalue weighted by Crippen LogP contribution is -2.19. The van der Waals surface area contributed by atoms with Crippen molar-refractivity contribution in [1.29, 1.82) is 0 Å². The number of sulfonamides is 1. The summed E-state index contributed by atoms with van der Waals surface area (Å²) in [6, 6.07) is 0. The molecule has 0 atom stereocenters. The molecule has 2 rings (SSSR count). The Kier molecular flexibility index (Phi) is 3.56. The Bertz CT molecular complexity index is 688. The Balaban J connectivity index is 2.68. The number of carbonyl (C=O) groups excluding carboxylic acids is 1. The minimum absolute atomic E-state index is 0.108. The number of aromatic nitrogens is 2. The van der Waals surface area contributed by atoms with Gasteiger partial charge in [-0.3, -0.25) is 4.68 Å². The number of ether oxygens (including phenoxy) is 1. The topological polar surface area (TPSA) is 112 Å². The van der Waals surface area contributed by atoms with Gasteiger partial charge in [0.1, 0.15) is 12.2 Å². The molecule has 0 spiro atoms. The summed E-state index contributed by atoms with van der Waals surface area (Å²) in [5, 5.41) is 6.71. The lowest BCUT2D eigenvalue weighted by Gasteiger charge is -2.13. The Hall–Kier alpha value is -1.90. The average Bonchev–Trinajstić information content (AvgIpc) is 2.66. The molecule has 0 aromatic carbocycles. The van der Waals surface area contributed by atoms with Crippen molar-refractivity contribution in [1.82, 2.24) is 9.78 Å². The highest BCUT2D eigenvalue weighted by molar-refractivity contribution is 7.90. The third kappa shape index (κ3) is 2.46. The minimum atomic E-state index is -4.30. The van der Waals surface area contributed by atoms with E-state index in [2.05, 4.69) is 14.7 Å². The van der Waals surface area contributed by atoms with E-state index in [1.165, 1.54) is 7.05 Å². The van der Waals surface area contributed by atoms with E-state index in [4.69, 9.17) is 21.2 Å². The highest BCUT2D eigenvalue weighted by atomic mass is 35.5. The molecule has 102 valence electrons. The van der Waals surface area contributed by atoms with Gasteiger partial charge in [-0.1, -0.05) is 16.0 Å². The first kappa shape index (κ1) is 13.5. The smallest absolute Gasteiger partial charge is 0.310 e. The maximum Gasteiger partial charge on any atom is 0.310 e. The molecule has 0 radical (unpaired) electrons. The zero-order valence-electron chi connectivity index (χ0n) is 9.53. The summed E-state index contributed by atoms with van der Waals surface area (Å²) in [5.74, 6) is -0.135. The van der Waals surface area contributed by atoms with Crippen LogP contribution >= 0.6 is 11.6 Å². The summed E-state index contributed by atoms with van der Waals surface area (Å²) >= 11 is 5.84. The van der Waals surface area contributed by atoms with Crippen molar-refractivity contribution in [3.63, 3.8) is 0 Å². The molecule has 9 nitrogen and oxygen atoms in total. The zero-order chi connectivity index (χ0) is 14.0. The van der Waals surface area contributed by atoms with Gasteiger partial charge in [-0.25, -0.2) is 4.79 Å². The molecule has 1 aromatic rings. The number of oxime groups is 1. The van der Waals surface area contributed by atoms with Crippen molar-refractivity contribution >= 4 is 33.6 Å². The van der Waals surface area contributed by atoms with Crippen LogP contribution in [0.2, 0.25) is 5.15 Å². The van der Waals surface area contributed by atoms with Crippen LogP contribution in [0.5, 0.6) is 0 Å². The second kappa shape index (κ2) is 5.00. The molecular weight excluding hydrogens is 300 g/mol. The molecule has 0 fully saturated rings. The summed E-state index contributed by atoms with van der Waals surface area (Å²) in [6.07, 6.45) is 0.964. The molecule has 0 bridgehead atoms. The van der Waals surface area contributed by atoms with Gasteiger partial charge in [0.15, 0.2) is 16.8 Å². The van der Waals surface area contributed by atoms with Gasteiger partial charge >= 0.3 is 10.0 Å². The number of halogens is 1. The van der Waals surface area contributed by atoms with Crippen molar-refractivity contribution in [2.75, 3.05) is 13.2 Å². The average molecular weight is 307 g/mol. The third-order valence-corrected chi connectivity index (χ3v) is 3.66. The van der Waals surface area contributed by atoms with Gasteiger partial charge in [0.05, 0.1) is 0 Å². The third-order valence-electron chi connectivity index (χ3n) is 2.13. The Morgan fingerprint density at radius 1 is 1.47 bits per heavy atom. The van der Waals surface area contributed by atoms with Crippen molar-refractivity contribution in [2.45, 2.75) is 5.03 Å². The van der Waals surface area contributed by atoms with Crippen molar-refractivity contribution < 1.29 is 22.8 Å². The van der Waals surface area contributed by atoms with Crippen molar-refractivity contribution in [3.8, 4) is 0 Å². The minimum Gasteiger partial charge on any atom is -0.471 e. The molecule has 2 heterocycles. The second-order valence-corrected chi connectivity index (χ2v) is 5.21. The molecule has 1 aromatic heterocycles. The van der Waals surface area contributed by atoms with E-state index in [1.807, 2.05) is 0 Å². The van der Waals surface area contributed by atoms with Crippen molar-refractivity contribution in [2.24, 2.45) is 16.6 Å². The highest BCUT2D eigenvalue weighted by Gasteiger charge is 2.32. The van der Waals surface area contributed by atoms with Gasteiger partial charge in [0.25, 0.3) is 12.0 Å². The molecular formula is C8H7ClN4O5S. The Labute approximate surface area is 112 Å². The van der Waals surface area contributed by atoms with Crippen LogP contribution in [0.4, 0.5) is 0 Å². The summed E-state index contributed by atoms with van der Waals surface area (Å²) in [7, 11) is -2.97. The molecule has 0 unspecified atom stereocenters. The molecule has 0 N–H and O–H groups in total. The van der Waals surface area contributed by atoms with Crippen LogP contribution in [-0.2, 0) is 31.4 Å². The van der Waals surface area contributed by atoms with E-state index in [9.17, 15) is 13.2 Å². The van der Waals surface area contributed by atoms with Crippen LogP contribution in [0, 0.1) is 0 Å². The summed E-state index contributed by atoms with van der Waals surface area (Å²) < 4.78 is 32.5. The first-order valence-corrected chi connectivity index (χ1v) is 6.69. The monoisotopic (exact) mass is 306 g/mol. The van der Waals surface area contributed by atoms with E-state index in [0.717, 1.165) is 10.8 Å². The zero-order valence-corrected chi connectivity index (χ0v) is 11.1. The lowest BCUT2D eigenvalue weighted by atomic mass is 10.3. The van der Waals surface area contributed by atoms with Gasteiger partial charge in [-0.15, -0.1) is 0 Å². The first-order valence-electron chi connectivity index (χ1n) is 4.87. The van der Waals surface area contributed by atoms with Gasteiger partial charge < -0.3 is 9.57 Å². The summed E-state index contributed by atoms with van der Waals surface area (Å²) in [6.45, 7) is 0.413. The predicted octanol–water partition coefficient (Wildman–Crippen LogP) is -0.194. The van der Waals surface area contributed by atoms with E-state index in [0.29, 0.717) is 0 Å². The van der Waals surface area contributed by atoms with Crippen LogP contribution in [0.15, 0.2) is 14.6 Å². The van der Waals surface area contributed by atoms with Crippen LogP contribution in [-0.4, -0.2) is 43.4 Å². The van der Waals surface area contributed by atoms with E-state index in [1.54, 1.807) is 0 Å². The number of nitrogens with zero attached hydrogens (tertiary/aromatic N) is 4.